The highest BCUT2D eigenvalue weighted by atomic mass is 32.2. The van der Waals surface area contributed by atoms with Crippen LogP contribution in [0, 0.1) is 0 Å². The lowest BCUT2D eigenvalue weighted by atomic mass is 10.1. The third kappa shape index (κ3) is 3.32. The summed E-state index contributed by atoms with van der Waals surface area (Å²) in [5.74, 6) is 0.0595. The minimum absolute atomic E-state index is 0.0114. The van der Waals surface area contributed by atoms with Gasteiger partial charge in [0.2, 0.25) is 10.0 Å². The van der Waals surface area contributed by atoms with Gasteiger partial charge in [-0.25, -0.2) is 13.1 Å². The van der Waals surface area contributed by atoms with Gasteiger partial charge in [0.1, 0.15) is 6.10 Å². The van der Waals surface area contributed by atoms with E-state index < -0.39 is 21.4 Å². The lowest BCUT2D eigenvalue weighted by Crippen LogP contribution is -2.31. The summed E-state index contributed by atoms with van der Waals surface area (Å²) in [6.45, 7) is -0.0114. The normalized spacial score (nSPS) is 22.9. The highest BCUT2D eigenvalue weighted by Crippen LogP contribution is 2.45. The zero-order valence-electron chi connectivity index (χ0n) is 11.2. The number of hydrogen-bond donors (Lipinski definition) is 2. The maximum atomic E-state index is 12.2. The van der Waals surface area contributed by atoms with Crippen LogP contribution in [0.5, 0.6) is 0 Å². The van der Waals surface area contributed by atoms with Gasteiger partial charge in [0.25, 0.3) is 0 Å². The van der Waals surface area contributed by atoms with E-state index >= 15 is 0 Å². The summed E-state index contributed by atoms with van der Waals surface area (Å²) in [6.07, 6.45) is 1.34. The van der Waals surface area contributed by atoms with Crippen LogP contribution < -0.4 is 4.72 Å². The van der Waals surface area contributed by atoms with Crippen LogP contribution in [-0.4, -0.2) is 30.3 Å². The van der Waals surface area contributed by atoms with Crippen molar-refractivity contribution in [1.82, 2.24) is 9.71 Å². The smallest absolute Gasteiger partial charge is 0.215 e. The second-order valence-electron chi connectivity index (χ2n) is 5.10. The van der Waals surface area contributed by atoms with Crippen molar-refractivity contribution < 1.29 is 13.5 Å². The molecule has 1 fully saturated rings. The van der Waals surface area contributed by atoms with Crippen molar-refractivity contribution in [3.63, 3.8) is 0 Å². The number of thiazole rings is 1. The van der Waals surface area contributed by atoms with Gasteiger partial charge in [-0.05, 0) is 12.0 Å². The molecule has 3 rings (SSSR count). The fourth-order valence-electron chi connectivity index (χ4n) is 2.36. The van der Waals surface area contributed by atoms with E-state index in [0.717, 1.165) is 5.56 Å². The molecule has 1 heterocycles. The predicted molar refractivity (Wildman–Crippen MR) is 81.6 cm³/mol. The summed E-state index contributed by atoms with van der Waals surface area (Å²) in [6, 6.07) is 9.65. The molecule has 2 N–H and O–H groups in total. The lowest BCUT2D eigenvalue weighted by Gasteiger charge is -2.10. The molecule has 0 bridgehead atoms. The molecule has 21 heavy (non-hydrogen) atoms. The first-order chi connectivity index (χ1) is 10.1. The molecule has 0 spiro atoms. The molecular weight excluding hydrogens is 308 g/mol. The minimum atomic E-state index is -3.40. The Morgan fingerprint density at radius 2 is 2.14 bits per heavy atom. The molecule has 7 heteroatoms. The van der Waals surface area contributed by atoms with Gasteiger partial charge in [-0.1, -0.05) is 30.3 Å². The molecule has 0 radical (unpaired) electrons. The summed E-state index contributed by atoms with van der Waals surface area (Å²) in [4.78, 5) is 4.53. The number of benzene rings is 1. The Morgan fingerprint density at radius 3 is 2.81 bits per heavy atom. The third-order valence-electron chi connectivity index (χ3n) is 3.62. The summed E-state index contributed by atoms with van der Waals surface area (Å²) >= 11 is 1.31. The van der Waals surface area contributed by atoms with Gasteiger partial charge in [0, 0.05) is 18.7 Å². The minimum Gasteiger partial charge on any atom is -0.386 e. The number of aromatic nitrogens is 1. The van der Waals surface area contributed by atoms with Gasteiger partial charge in [-0.3, -0.25) is 4.98 Å². The molecule has 1 aliphatic rings. The van der Waals surface area contributed by atoms with E-state index in [1.807, 2.05) is 30.3 Å². The molecule has 1 aliphatic carbocycles. The van der Waals surface area contributed by atoms with Gasteiger partial charge in [0.15, 0.2) is 0 Å². The summed E-state index contributed by atoms with van der Waals surface area (Å²) in [5.41, 5.74) is 2.66. The molecule has 0 amide bonds. The monoisotopic (exact) mass is 324 g/mol. The molecule has 1 saturated carbocycles. The van der Waals surface area contributed by atoms with Crippen LogP contribution in [0.2, 0.25) is 0 Å². The Bertz CT molecular complexity index is 686. The van der Waals surface area contributed by atoms with Crippen molar-refractivity contribution in [2.75, 3.05) is 6.54 Å². The number of nitrogens with one attached hydrogen (secondary N) is 1. The van der Waals surface area contributed by atoms with Crippen molar-refractivity contribution in [2.24, 2.45) is 0 Å². The highest BCUT2D eigenvalue weighted by molar-refractivity contribution is 7.90. The number of rotatable bonds is 6. The van der Waals surface area contributed by atoms with Crippen LogP contribution >= 0.6 is 11.3 Å². The van der Waals surface area contributed by atoms with Crippen LogP contribution in [0.15, 0.2) is 42.0 Å². The largest absolute Gasteiger partial charge is 0.386 e. The maximum absolute atomic E-state index is 12.2. The Morgan fingerprint density at radius 1 is 1.38 bits per heavy atom. The highest BCUT2D eigenvalue weighted by Gasteiger charge is 2.47. The first kappa shape index (κ1) is 14.6. The van der Waals surface area contributed by atoms with Gasteiger partial charge >= 0.3 is 0 Å². The summed E-state index contributed by atoms with van der Waals surface area (Å²) < 4.78 is 26.9. The molecule has 2 aromatic rings. The lowest BCUT2D eigenvalue weighted by molar-refractivity contribution is 0.185. The van der Waals surface area contributed by atoms with E-state index in [1.165, 1.54) is 11.3 Å². The van der Waals surface area contributed by atoms with Crippen LogP contribution in [0.4, 0.5) is 0 Å². The number of hydrogen-bond acceptors (Lipinski definition) is 5. The summed E-state index contributed by atoms with van der Waals surface area (Å²) in [7, 11) is -3.40. The SMILES string of the molecule is O=S(=O)(NCC(O)c1cncs1)C1CC1c1ccccc1. The van der Waals surface area contributed by atoms with E-state index in [1.54, 1.807) is 11.7 Å². The number of aliphatic hydroxyl groups is 1. The molecule has 1 aromatic carbocycles. The Kier molecular flexibility index (Phi) is 4.08. The molecule has 0 aliphatic heterocycles. The van der Waals surface area contributed by atoms with Crippen molar-refractivity contribution in [3.8, 4) is 0 Å². The first-order valence-electron chi connectivity index (χ1n) is 6.68. The van der Waals surface area contributed by atoms with Crippen LogP contribution in [0.25, 0.3) is 0 Å². The number of aliphatic hydroxyl groups excluding tert-OH is 1. The molecular formula is C14H16N2O3S2. The van der Waals surface area contributed by atoms with E-state index in [2.05, 4.69) is 9.71 Å². The molecule has 1 aromatic heterocycles. The van der Waals surface area contributed by atoms with Crippen LogP contribution in [0.1, 0.15) is 28.9 Å². The van der Waals surface area contributed by atoms with E-state index in [4.69, 9.17) is 0 Å². The van der Waals surface area contributed by atoms with Gasteiger partial charge in [0.05, 0.1) is 15.6 Å². The van der Waals surface area contributed by atoms with Crippen LogP contribution in [0.3, 0.4) is 0 Å². The molecule has 3 atom stereocenters. The van der Waals surface area contributed by atoms with E-state index in [0.29, 0.717) is 11.3 Å². The third-order valence-corrected chi connectivity index (χ3v) is 6.38. The van der Waals surface area contributed by atoms with Gasteiger partial charge in [-0.15, -0.1) is 11.3 Å². The fourth-order valence-corrected chi connectivity index (χ4v) is 4.62. The van der Waals surface area contributed by atoms with Crippen molar-refractivity contribution in [1.29, 1.82) is 0 Å². The zero-order valence-corrected chi connectivity index (χ0v) is 12.8. The van der Waals surface area contributed by atoms with Gasteiger partial charge < -0.3 is 5.11 Å². The second kappa shape index (κ2) is 5.84. The summed E-state index contributed by atoms with van der Waals surface area (Å²) in [5, 5.41) is 9.51. The molecule has 0 saturated heterocycles. The first-order valence-corrected chi connectivity index (χ1v) is 9.10. The standard InChI is InChI=1S/C14H16N2O3S2/c17-12(13-8-15-9-20-13)7-16-21(18,19)14-6-11(14)10-4-2-1-3-5-10/h1-5,8-9,11-12,14,16-17H,6-7H2. The Balaban J connectivity index is 1.59. The maximum Gasteiger partial charge on any atom is 0.215 e. The van der Waals surface area contributed by atoms with Crippen molar-refractivity contribution in [2.45, 2.75) is 23.7 Å². The van der Waals surface area contributed by atoms with E-state index in [-0.39, 0.29) is 12.5 Å². The van der Waals surface area contributed by atoms with Crippen LogP contribution in [-0.2, 0) is 10.0 Å². The average Bonchev–Trinajstić information content (AvgIpc) is 3.13. The zero-order chi connectivity index (χ0) is 14.9. The second-order valence-corrected chi connectivity index (χ2v) is 8.01. The molecule has 112 valence electrons. The quantitative estimate of drug-likeness (QED) is 0.847. The Hall–Kier alpha value is -1.28. The predicted octanol–water partition coefficient (Wildman–Crippen LogP) is 1.65. The molecule has 5 nitrogen and oxygen atoms in total. The fraction of sp³-hybridized carbons (Fsp3) is 0.357. The van der Waals surface area contributed by atoms with Crippen molar-refractivity contribution >= 4 is 21.4 Å². The average molecular weight is 324 g/mol. The number of nitrogens with zero attached hydrogens (tertiary/aromatic N) is 1. The van der Waals surface area contributed by atoms with Gasteiger partial charge in [-0.2, -0.15) is 0 Å². The number of sulfonamides is 1. The van der Waals surface area contributed by atoms with Crippen molar-refractivity contribution in [3.05, 3.63) is 52.5 Å². The van der Waals surface area contributed by atoms with E-state index in [9.17, 15) is 13.5 Å². The topological polar surface area (TPSA) is 79.3 Å². The Labute approximate surface area is 127 Å². The molecule has 3 unspecified atom stereocenters.